The lowest BCUT2D eigenvalue weighted by atomic mass is 9.97. The molecule has 3 heterocycles. The van der Waals surface area contributed by atoms with Gasteiger partial charge in [0, 0.05) is 24.3 Å². The third-order valence-electron chi connectivity index (χ3n) is 5.73. The minimum absolute atomic E-state index is 0.0781. The molecule has 0 radical (unpaired) electrons. The van der Waals surface area contributed by atoms with E-state index in [1.54, 1.807) is 18.3 Å². The van der Waals surface area contributed by atoms with Crippen LogP contribution in [-0.4, -0.2) is 49.8 Å². The fourth-order valence-electron chi connectivity index (χ4n) is 4.13. The van der Waals surface area contributed by atoms with E-state index in [0.717, 1.165) is 23.7 Å². The fourth-order valence-corrected chi connectivity index (χ4v) is 4.67. The Morgan fingerprint density at radius 2 is 2.03 bits per heavy atom. The number of carbonyl (C=O) groups is 1. The number of likely N-dealkylation sites (tertiary alicyclic amines) is 1. The van der Waals surface area contributed by atoms with Crippen molar-refractivity contribution in [3.63, 3.8) is 0 Å². The van der Waals surface area contributed by atoms with Gasteiger partial charge in [-0.2, -0.15) is 4.98 Å². The zero-order chi connectivity index (χ0) is 22.8. The number of hydrogen-bond acceptors (Lipinski definition) is 6. The molecule has 168 valence electrons. The van der Waals surface area contributed by atoms with Crippen LogP contribution in [0.15, 0.2) is 70.5 Å². The Balaban J connectivity index is 1.38. The molecule has 0 aliphatic carbocycles. The second-order valence-electron chi connectivity index (χ2n) is 7.86. The maximum Gasteiger partial charge on any atom is 0.272 e. The van der Waals surface area contributed by atoms with E-state index in [4.69, 9.17) is 4.52 Å². The third-order valence-corrected chi connectivity index (χ3v) is 6.38. The van der Waals surface area contributed by atoms with Crippen LogP contribution >= 0.6 is 11.8 Å². The van der Waals surface area contributed by atoms with Gasteiger partial charge in [0.2, 0.25) is 11.7 Å². The summed E-state index contributed by atoms with van der Waals surface area (Å²) in [7, 11) is 0. The first-order valence-electron chi connectivity index (χ1n) is 10.7. The van der Waals surface area contributed by atoms with Gasteiger partial charge in [-0.05, 0) is 43.4 Å². The largest absolute Gasteiger partial charge is 0.339 e. The van der Waals surface area contributed by atoms with Gasteiger partial charge in [-0.25, -0.2) is 9.37 Å². The normalized spacial score (nSPS) is 16.2. The Labute approximate surface area is 194 Å². The summed E-state index contributed by atoms with van der Waals surface area (Å²) < 4.78 is 21.0. The molecule has 1 saturated heterocycles. The minimum atomic E-state index is -0.354. The van der Waals surface area contributed by atoms with Crippen molar-refractivity contribution < 1.29 is 13.7 Å². The van der Waals surface area contributed by atoms with Crippen LogP contribution in [0.5, 0.6) is 0 Å². The molecule has 9 heteroatoms. The second kappa shape index (κ2) is 9.19. The molecule has 33 heavy (non-hydrogen) atoms. The van der Waals surface area contributed by atoms with Crippen LogP contribution in [0.2, 0.25) is 0 Å². The van der Waals surface area contributed by atoms with E-state index in [1.165, 1.54) is 23.9 Å². The number of aromatic nitrogens is 4. The van der Waals surface area contributed by atoms with E-state index in [0.29, 0.717) is 36.1 Å². The third kappa shape index (κ3) is 4.28. The van der Waals surface area contributed by atoms with Crippen molar-refractivity contribution in [3.05, 3.63) is 78.2 Å². The number of piperidine rings is 1. The van der Waals surface area contributed by atoms with Crippen LogP contribution in [0, 0.1) is 5.82 Å². The van der Waals surface area contributed by atoms with E-state index in [9.17, 15) is 9.18 Å². The maximum atomic E-state index is 13.6. The highest BCUT2D eigenvalue weighted by molar-refractivity contribution is 7.98. The average molecular weight is 464 g/mol. The van der Waals surface area contributed by atoms with Crippen LogP contribution in [-0.2, 0) is 0 Å². The summed E-state index contributed by atoms with van der Waals surface area (Å²) in [6, 6.07) is 15.8. The average Bonchev–Trinajstić information content (AvgIpc) is 3.52. The summed E-state index contributed by atoms with van der Waals surface area (Å²) in [6.45, 7) is 1.12. The smallest absolute Gasteiger partial charge is 0.272 e. The van der Waals surface area contributed by atoms with Crippen molar-refractivity contribution in [2.75, 3.05) is 19.3 Å². The van der Waals surface area contributed by atoms with Crippen LogP contribution in [0.4, 0.5) is 4.39 Å². The molecule has 0 spiro atoms. The van der Waals surface area contributed by atoms with Gasteiger partial charge in [0.1, 0.15) is 11.5 Å². The Morgan fingerprint density at radius 3 is 2.82 bits per heavy atom. The van der Waals surface area contributed by atoms with E-state index < -0.39 is 0 Å². The number of nitrogens with zero attached hydrogens (tertiary/aromatic N) is 5. The molecule has 0 N–H and O–H groups in total. The van der Waals surface area contributed by atoms with Crippen LogP contribution < -0.4 is 0 Å². The van der Waals surface area contributed by atoms with Gasteiger partial charge in [-0.1, -0.05) is 47.3 Å². The van der Waals surface area contributed by atoms with Gasteiger partial charge < -0.3 is 9.42 Å². The molecular formula is C24H22FN5O2S. The number of carbonyl (C=O) groups excluding carboxylic acids is 1. The molecule has 1 atom stereocenters. The van der Waals surface area contributed by atoms with Gasteiger partial charge in [-0.3, -0.25) is 9.36 Å². The first kappa shape index (κ1) is 21.4. The molecule has 4 aromatic rings. The lowest BCUT2D eigenvalue weighted by Crippen LogP contribution is -2.40. The van der Waals surface area contributed by atoms with Crippen molar-refractivity contribution in [1.29, 1.82) is 0 Å². The van der Waals surface area contributed by atoms with Crippen molar-refractivity contribution >= 4 is 17.7 Å². The molecule has 1 fully saturated rings. The predicted octanol–water partition coefficient (Wildman–Crippen LogP) is 4.80. The molecule has 5 rings (SSSR count). The molecule has 0 bridgehead atoms. The predicted molar refractivity (Wildman–Crippen MR) is 123 cm³/mol. The molecule has 2 aromatic carbocycles. The van der Waals surface area contributed by atoms with E-state index in [2.05, 4.69) is 15.1 Å². The van der Waals surface area contributed by atoms with Crippen molar-refractivity contribution in [1.82, 2.24) is 24.6 Å². The highest BCUT2D eigenvalue weighted by Crippen LogP contribution is 2.30. The molecule has 1 aliphatic heterocycles. The number of benzene rings is 2. The Kier molecular flexibility index (Phi) is 5.95. The lowest BCUT2D eigenvalue weighted by Gasteiger charge is -2.31. The van der Waals surface area contributed by atoms with E-state index in [-0.39, 0.29) is 17.6 Å². The monoisotopic (exact) mass is 463 g/mol. The van der Waals surface area contributed by atoms with Gasteiger partial charge in [0.25, 0.3) is 5.91 Å². The Hall–Kier alpha value is -3.46. The summed E-state index contributed by atoms with van der Waals surface area (Å²) >= 11 is 1.50. The highest BCUT2D eigenvalue weighted by atomic mass is 32.2. The Morgan fingerprint density at radius 1 is 1.18 bits per heavy atom. The van der Waals surface area contributed by atoms with E-state index in [1.807, 2.05) is 46.1 Å². The van der Waals surface area contributed by atoms with Gasteiger partial charge in [0.05, 0.1) is 12.1 Å². The number of imidazole rings is 1. The van der Waals surface area contributed by atoms with Gasteiger partial charge in [0.15, 0.2) is 5.16 Å². The number of amides is 1. The van der Waals surface area contributed by atoms with E-state index >= 15 is 0 Å². The highest BCUT2D eigenvalue weighted by Gasteiger charge is 2.31. The number of hydrogen-bond donors (Lipinski definition) is 0. The fraction of sp³-hybridized carbons (Fsp3) is 0.250. The SMILES string of the molecule is CSc1ncc(C(=O)N2CCCC(c3nc(-c4cccc(F)c4)no3)C2)n1-c1ccccc1. The quantitative estimate of drug-likeness (QED) is 0.396. The zero-order valence-electron chi connectivity index (χ0n) is 18.0. The summed E-state index contributed by atoms with van der Waals surface area (Å²) in [5.41, 5.74) is 1.98. The summed E-state index contributed by atoms with van der Waals surface area (Å²) in [4.78, 5) is 24.3. The zero-order valence-corrected chi connectivity index (χ0v) is 18.8. The number of para-hydroxylation sites is 1. The molecule has 2 aromatic heterocycles. The van der Waals surface area contributed by atoms with Crippen molar-refractivity contribution in [2.45, 2.75) is 23.9 Å². The van der Waals surface area contributed by atoms with Crippen molar-refractivity contribution in [3.8, 4) is 17.1 Å². The number of rotatable bonds is 5. The topological polar surface area (TPSA) is 77.1 Å². The van der Waals surface area contributed by atoms with Crippen LogP contribution in [0.25, 0.3) is 17.1 Å². The molecule has 0 saturated carbocycles. The standard InChI is InChI=1S/C24H22FN5O2S/c1-33-24-26-14-20(30(24)19-10-3-2-4-11-19)23(31)29-12-6-8-17(15-29)22-27-21(28-32-22)16-7-5-9-18(25)13-16/h2-5,7,9-11,13-14,17H,6,8,12,15H2,1H3. The maximum absolute atomic E-state index is 13.6. The first-order chi connectivity index (χ1) is 16.1. The molecule has 1 aliphatic rings. The minimum Gasteiger partial charge on any atom is -0.339 e. The van der Waals surface area contributed by atoms with Gasteiger partial charge in [-0.15, -0.1) is 0 Å². The first-order valence-corrected chi connectivity index (χ1v) is 11.9. The van der Waals surface area contributed by atoms with Crippen LogP contribution in [0.1, 0.15) is 35.1 Å². The molecule has 1 amide bonds. The summed E-state index contributed by atoms with van der Waals surface area (Å²) in [5.74, 6) is 0.299. The molecule has 1 unspecified atom stereocenters. The number of halogens is 1. The van der Waals surface area contributed by atoms with Crippen molar-refractivity contribution in [2.24, 2.45) is 0 Å². The van der Waals surface area contributed by atoms with Gasteiger partial charge >= 0.3 is 0 Å². The summed E-state index contributed by atoms with van der Waals surface area (Å²) in [5, 5.41) is 4.78. The lowest BCUT2D eigenvalue weighted by molar-refractivity contribution is 0.0687. The summed E-state index contributed by atoms with van der Waals surface area (Å²) in [6.07, 6.45) is 5.24. The number of thioether (sulfide) groups is 1. The second-order valence-corrected chi connectivity index (χ2v) is 8.63. The molecule has 7 nitrogen and oxygen atoms in total. The molecular weight excluding hydrogens is 441 g/mol. The van der Waals surface area contributed by atoms with Crippen LogP contribution in [0.3, 0.4) is 0 Å². The Bertz CT molecular complexity index is 1270.